The molecular formula is C20H23ClN2O. The summed E-state index contributed by atoms with van der Waals surface area (Å²) in [6.45, 7) is 2.81. The summed E-state index contributed by atoms with van der Waals surface area (Å²) in [4.78, 5) is 6.85. The maximum Gasteiger partial charge on any atom is 0.0939 e. The van der Waals surface area contributed by atoms with Gasteiger partial charge in [-0.3, -0.25) is 9.88 Å². The Balaban J connectivity index is 1.53. The van der Waals surface area contributed by atoms with Crippen LogP contribution in [0.2, 0.25) is 5.02 Å². The second-order valence-electron chi connectivity index (χ2n) is 7.21. The van der Waals surface area contributed by atoms with Crippen molar-refractivity contribution >= 4 is 11.6 Å². The van der Waals surface area contributed by atoms with E-state index < -0.39 is 5.60 Å². The number of hydrogen-bond donors (Lipinski definition) is 1. The van der Waals surface area contributed by atoms with Gasteiger partial charge in [0.2, 0.25) is 0 Å². The largest absolute Gasteiger partial charge is 0.385 e. The summed E-state index contributed by atoms with van der Waals surface area (Å²) in [6, 6.07) is 14.1. The Morgan fingerprint density at radius 3 is 2.75 bits per heavy atom. The molecule has 0 bridgehead atoms. The monoisotopic (exact) mass is 342 g/mol. The van der Waals surface area contributed by atoms with Gasteiger partial charge < -0.3 is 5.11 Å². The molecular weight excluding hydrogens is 320 g/mol. The fourth-order valence-corrected chi connectivity index (χ4v) is 4.67. The van der Waals surface area contributed by atoms with Crippen molar-refractivity contribution in [2.24, 2.45) is 11.8 Å². The Labute approximate surface area is 148 Å². The number of fused-ring (bicyclic) bond motifs is 1. The molecule has 126 valence electrons. The zero-order chi connectivity index (χ0) is 16.6. The maximum absolute atomic E-state index is 11.5. The van der Waals surface area contributed by atoms with E-state index in [1.165, 1.54) is 6.42 Å². The first-order valence-corrected chi connectivity index (χ1v) is 9.13. The highest BCUT2D eigenvalue weighted by Crippen LogP contribution is 2.48. The Hall–Kier alpha value is -1.42. The maximum atomic E-state index is 11.5. The van der Waals surface area contributed by atoms with Gasteiger partial charge in [-0.1, -0.05) is 41.9 Å². The van der Waals surface area contributed by atoms with Gasteiger partial charge in [-0.2, -0.15) is 0 Å². The van der Waals surface area contributed by atoms with E-state index in [2.05, 4.69) is 22.0 Å². The van der Waals surface area contributed by atoms with Crippen LogP contribution >= 0.6 is 11.6 Å². The minimum absolute atomic E-state index is 0.306. The molecule has 2 aliphatic rings. The van der Waals surface area contributed by atoms with E-state index in [0.717, 1.165) is 43.7 Å². The molecule has 4 rings (SSSR count). The van der Waals surface area contributed by atoms with Gasteiger partial charge in [0.15, 0.2) is 0 Å². The topological polar surface area (TPSA) is 36.4 Å². The number of aromatic nitrogens is 1. The Bertz CT molecular complexity index is 691. The van der Waals surface area contributed by atoms with Crippen LogP contribution in [0.4, 0.5) is 0 Å². The van der Waals surface area contributed by atoms with E-state index in [4.69, 9.17) is 11.6 Å². The van der Waals surface area contributed by atoms with Gasteiger partial charge in [0, 0.05) is 31.7 Å². The van der Waals surface area contributed by atoms with Crippen LogP contribution in [0.3, 0.4) is 0 Å². The summed E-state index contributed by atoms with van der Waals surface area (Å²) in [5.74, 6) is 0.872. The molecule has 24 heavy (non-hydrogen) atoms. The van der Waals surface area contributed by atoms with Gasteiger partial charge in [-0.05, 0) is 42.9 Å². The van der Waals surface area contributed by atoms with Gasteiger partial charge in [-0.15, -0.1) is 0 Å². The highest BCUT2D eigenvalue weighted by Gasteiger charge is 2.49. The van der Waals surface area contributed by atoms with Gasteiger partial charge in [0.05, 0.1) is 16.3 Å². The van der Waals surface area contributed by atoms with E-state index in [1.807, 2.05) is 30.3 Å². The highest BCUT2D eigenvalue weighted by atomic mass is 35.5. The third-order valence-electron chi connectivity index (χ3n) is 5.71. The van der Waals surface area contributed by atoms with E-state index in [9.17, 15) is 5.11 Å². The number of halogens is 1. The van der Waals surface area contributed by atoms with Crippen LogP contribution in [-0.4, -0.2) is 28.1 Å². The molecule has 2 fully saturated rings. The standard InChI is InChI=1S/C20H23ClN2O/c21-17-8-9-18(22-11-17)13-23-12-15-5-4-10-20(24,19(15)14-23)16-6-2-1-3-7-16/h1-3,6-9,11,15,19,24H,4-5,10,12-14H2/t15-,19+,20+/m0/s1. The van der Waals surface area contributed by atoms with Crippen LogP contribution in [0.25, 0.3) is 0 Å². The molecule has 4 heteroatoms. The van der Waals surface area contributed by atoms with Gasteiger partial charge in [-0.25, -0.2) is 0 Å². The van der Waals surface area contributed by atoms with Crippen molar-refractivity contribution < 1.29 is 5.11 Å². The predicted octanol–water partition coefficient (Wildman–Crippen LogP) is 3.85. The number of nitrogens with zero attached hydrogens (tertiary/aromatic N) is 2. The molecule has 1 N–H and O–H groups in total. The lowest BCUT2D eigenvalue weighted by Gasteiger charge is -2.41. The third kappa shape index (κ3) is 2.97. The fraction of sp³-hybridized carbons (Fsp3) is 0.450. The molecule has 3 nitrogen and oxygen atoms in total. The molecule has 2 heterocycles. The van der Waals surface area contributed by atoms with Gasteiger partial charge >= 0.3 is 0 Å². The molecule has 0 spiro atoms. The van der Waals surface area contributed by atoms with Crippen LogP contribution in [0.1, 0.15) is 30.5 Å². The molecule has 1 aliphatic heterocycles. The first-order chi connectivity index (χ1) is 11.6. The lowest BCUT2D eigenvalue weighted by Crippen LogP contribution is -2.42. The Morgan fingerprint density at radius 2 is 2.00 bits per heavy atom. The van der Waals surface area contributed by atoms with Crippen LogP contribution < -0.4 is 0 Å². The smallest absolute Gasteiger partial charge is 0.0939 e. The Kier molecular flexibility index (Phi) is 4.33. The van der Waals surface area contributed by atoms with Crippen LogP contribution in [0.15, 0.2) is 48.7 Å². The zero-order valence-electron chi connectivity index (χ0n) is 13.7. The summed E-state index contributed by atoms with van der Waals surface area (Å²) in [7, 11) is 0. The van der Waals surface area contributed by atoms with Crippen molar-refractivity contribution in [1.82, 2.24) is 9.88 Å². The Morgan fingerprint density at radius 1 is 1.17 bits per heavy atom. The van der Waals surface area contributed by atoms with Crippen molar-refractivity contribution in [3.05, 3.63) is 64.9 Å². The van der Waals surface area contributed by atoms with Crippen molar-refractivity contribution in [1.29, 1.82) is 0 Å². The van der Waals surface area contributed by atoms with Crippen LogP contribution in [0.5, 0.6) is 0 Å². The molecule has 0 amide bonds. The number of rotatable bonds is 3. The summed E-state index contributed by atoms with van der Waals surface area (Å²) in [5.41, 5.74) is 1.43. The zero-order valence-corrected chi connectivity index (χ0v) is 14.5. The summed E-state index contributed by atoms with van der Waals surface area (Å²) < 4.78 is 0. The van der Waals surface area contributed by atoms with Gasteiger partial charge in [0.1, 0.15) is 0 Å². The quantitative estimate of drug-likeness (QED) is 0.920. The minimum Gasteiger partial charge on any atom is -0.385 e. The molecule has 0 unspecified atom stereocenters. The predicted molar refractivity (Wildman–Crippen MR) is 95.7 cm³/mol. The number of benzene rings is 1. The number of hydrogen-bond acceptors (Lipinski definition) is 3. The molecule has 1 saturated carbocycles. The van der Waals surface area contributed by atoms with Crippen LogP contribution in [0, 0.1) is 11.8 Å². The van der Waals surface area contributed by atoms with Crippen molar-refractivity contribution in [3.8, 4) is 0 Å². The van der Waals surface area contributed by atoms with E-state index in [1.54, 1.807) is 6.20 Å². The average Bonchev–Trinajstić information content (AvgIpc) is 3.02. The molecule has 2 aromatic rings. The average molecular weight is 343 g/mol. The lowest BCUT2D eigenvalue weighted by molar-refractivity contribution is -0.0648. The molecule has 1 aromatic carbocycles. The first kappa shape index (κ1) is 16.1. The second-order valence-corrected chi connectivity index (χ2v) is 7.65. The van der Waals surface area contributed by atoms with Crippen molar-refractivity contribution in [2.75, 3.05) is 13.1 Å². The van der Waals surface area contributed by atoms with Crippen molar-refractivity contribution in [3.63, 3.8) is 0 Å². The number of pyridine rings is 1. The van der Waals surface area contributed by atoms with E-state index in [-0.39, 0.29) is 0 Å². The first-order valence-electron chi connectivity index (χ1n) is 8.76. The lowest BCUT2D eigenvalue weighted by atomic mass is 9.67. The third-order valence-corrected chi connectivity index (χ3v) is 5.93. The normalized spacial score (nSPS) is 30.2. The molecule has 3 atom stereocenters. The molecule has 0 radical (unpaired) electrons. The molecule has 1 saturated heterocycles. The van der Waals surface area contributed by atoms with Crippen LogP contribution in [-0.2, 0) is 12.1 Å². The SMILES string of the molecule is O[C@@]1(c2ccccc2)CCC[C@H]2CN(Cc3ccc(Cl)cn3)C[C@H]21. The summed E-state index contributed by atoms with van der Waals surface area (Å²) in [6.07, 6.45) is 4.88. The fourth-order valence-electron chi connectivity index (χ4n) is 4.56. The highest BCUT2D eigenvalue weighted by molar-refractivity contribution is 6.30. The summed E-state index contributed by atoms with van der Waals surface area (Å²) in [5, 5.41) is 12.1. The summed E-state index contributed by atoms with van der Waals surface area (Å²) >= 11 is 5.92. The second kappa shape index (κ2) is 6.47. The molecule has 1 aromatic heterocycles. The number of aliphatic hydroxyl groups is 1. The minimum atomic E-state index is -0.688. The van der Waals surface area contributed by atoms with E-state index in [0.29, 0.717) is 16.9 Å². The molecule has 1 aliphatic carbocycles. The van der Waals surface area contributed by atoms with E-state index >= 15 is 0 Å². The van der Waals surface area contributed by atoms with Crippen molar-refractivity contribution in [2.45, 2.75) is 31.4 Å². The number of likely N-dealkylation sites (tertiary alicyclic amines) is 1. The van der Waals surface area contributed by atoms with Gasteiger partial charge in [0.25, 0.3) is 0 Å².